The van der Waals surface area contributed by atoms with Crippen LogP contribution in [0.4, 0.5) is 10.1 Å². The Hall–Kier alpha value is -1.91. The SMILES string of the molecule is O=C(Nc1ccc(Cl)cc1)C1=CCC(F)(c2ncccc2Cl)CC1. The number of aromatic nitrogens is 1. The molecular weight excluding hydrogens is 350 g/mol. The molecule has 1 N–H and O–H groups in total. The van der Waals surface area contributed by atoms with Gasteiger partial charge >= 0.3 is 0 Å². The highest BCUT2D eigenvalue weighted by molar-refractivity contribution is 6.31. The lowest BCUT2D eigenvalue weighted by atomic mass is 9.84. The van der Waals surface area contributed by atoms with Crippen molar-refractivity contribution in [3.8, 4) is 0 Å². The average Bonchev–Trinajstić information content (AvgIpc) is 2.58. The van der Waals surface area contributed by atoms with Gasteiger partial charge in [-0.3, -0.25) is 9.78 Å². The number of amides is 1. The lowest BCUT2D eigenvalue weighted by Crippen LogP contribution is -2.27. The molecule has 24 heavy (non-hydrogen) atoms. The van der Waals surface area contributed by atoms with E-state index in [0.29, 0.717) is 27.7 Å². The number of anilines is 1. The molecule has 6 heteroatoms. The monoisotopic (exact) mass is 364 g/mol. The summed E-state index contributed by atoms with van der Waals surface area (Å²) in [4.78, 5) is 16.4. The third-order valence-corrected chi connectivity index (χ3v) is 4.60. The summed E-state index contributed by atoms with van der Waals surface area (Å²) in [5, 5.41) is 3.69. The second-order valence-electron chi connectivity index (χ2n) is 5.69. The topological polar surface area (TPSA) is 42.0 Å². The zero-order chi connectivity index (χ0) is 17.2. The van der Waals surface area contributed by atoms with Crippen molar-refractivity contribution >= 4 is 34.8 Å². The molecule has 3 rings (SSSR count). The van der Waals surface area contributed by atoms with Gasteiger partial charge in [-0.2, -0.15) is 0 Å². The van der Waals surface area contributed by atoms with E-state index < -0.39 is 5.67 Å². The Labute approximate surface area is 149 Å². The number of alkyl halides is 1. The first-order valence-electron chi connectivity index (χ1n) is 7.54. The molecule has 124 valence electrons. The van der Waals surface area contributed by atoms with Crippen molar-refractivity contribution in [1.29, 1.82) is 0 Å². The van der Waals surface area contributed by atoms with Gasteiger partial charge in [0, 0.05) is 28.9 Å². The van der Waals surface area contributed by atoms with Gasteiger partial charge in [0.15, 0.2) is 5.67 Å². The Kier molecular flexibility index (Phi) is 4.88. The number of nitrogens with one attached hydrogen (secondary N) is 1. The van der Waals surface area contributed by atoms with Gasteiger partial charge in [-0.05, 0) is 49.2 Å². The largest absolute Gasteiger partial charge is 0.322 e. The molecule has 0 fully saturated rings. The van der Waals surface area contributed by atoms with Crippen molar-refractivity contribution < 1.29 is 9.18 Å². The maximum absolute atomic E-state index is 15.1. The van der Waals surface area contributed by atoms with Crippen LogP contribution in [0.5, 0.6) is 0 Å². The van der Waals surface area contributed by atoms with Gasteiger partial charge in [0.25, 0.3) is 5.91 Å². The summed E-state index contributed by atoms with van der Waals surface area (Å²) in [7, 11) is 0. The number of nitrogens with zero attached hydrogens (tertiary/aromatic N) is 1. The van der Waals surface area contributed by atoms with E-state index in [0.717, 1.165) is 0 Å². The van der Waals surface area contributed by atoms with Crippen LogP contribution >= 0.6 is 23.2 Å². The van der Waals surface area contributed by atoms with E-state index in [2.05, 4.69) is 10.3 Å². The quantitative estimate of drug-likeness (QED) is 0.802. The van der Waals surface area contributed by atoms with Crippen LogP contribution in [0.2, 0.25) is 10.0 Å². The van der Waals surface area contributed by atoms with E-state index in [4.69, 9.17) is 23.2 Å². The zero-order valence-corrected chi connectivity index (χ0v) is 14.2. The number of halogens is 3. The second-order valence-corrected chi connectivity index (χ2v) is 6.54. The summed E-state index contributed by atoms with van der Waals surface area (Å²) in [5.74, 6) is -0.230. The molecule has 0 radical (unpaired) electrons. The molecule has 0 spiro atoms. The molecule has 1 aromatic heterocycles. The fourth-order valence-electron chi connectivity index (χ4n) is 2.70. The standard InChI is InChI=1S/C18H15Cl2FN2O/c19-13-3-5-14(6-4-13)23-17(24)12-7-9-18(21,10-8-12)16-15(20)2-1-11-22-16/h1-7,11H,8-10H2,(H,23,24). The van der Waals surface area contributed by atoms with Crippen molar-refractivity contribution in [2.75, 3.05) is 5.32 Å². The van der Waals surface area contributed by atoms with Crippen LogP contribution in [0.1, 0.15) is 25.0 Å². The van der Waals surface area contributed by atoms with Crippen LogP contribution in [0, 0.1) is 0 Å². The van der Waals surface area contributed by atoms with Crippen molar-refractivity contribution in [3.63, 3.8) is 0 Å². The van der Waals surface area contributed by atoms with E-state index in [1.807, 2.05) is 0 Å². The highest BCUT2D eigenvalue weighted by Crippen LogP contribution is 2.41. The molecule has 0 saturated carbocycles. The molecule has 2 aromatic rings. The minimum absolute atomic E-state index is 0.0765. The number of pyridine rings is 1. The van der Waals surface area contributed by atoms with Gasteiger partial charge < -0.3 is 5.32 Å². The van der Waals surface area contributed by atoms with Crippen molar-refractivity contribution in [3.05, 3.63) is 70.0 Å². The first kappa shape index (κ1) is 16.9. The predicted molar refractivity (Wildman–Crippen MR) is 94.0 cm³/mol. The smallest absolute Gasteiger partial charge is 0.251 e. The Morgan fingerprint density at radius 3 is 2.58 bits per heavy atom. The second kappa shape index (κ2) is 6.91. The summed E-state index contributed by atoms with van der Waals surface area (Å²) in [5.41, 5.74) is -0.192. The predicted octanol–water partition coefficient (Wildman–Crippen LogP) is 5.30. The summed E-state index contributed by atoms with van der Waals surface area (Å²) in [6.07, 6.45) is 3.72. The Morgan fingerprint density at radius 1 is 1.21 bits per heavy atom. The molecule has 1 unspecified atom stereocenters. The van der Waals surface area contributed by atoms with Crippen LogP contribution in [0.3, 0.4) is 0 Å². The lowest BCUT2D eigenvalue weighted by Gasteiger charge is -2.28. The van der Waals surface area contributed by atoms with Crippen LogP contribution in [-0.2, 0) is 10.5 Å². The fourth-order valence-corrected chi connectivity index (χ4v) is 3.12. The Bertz CT molecular complexity index is 792. The molecule has 1 aliphatic carbocycles. The number of carbonyl (C=O) groups is 1. The molecule has 1 aromatic carbocycles. The maximum Gasteiger partial charge on any atom is 0.251 e. The number of carbonyl (C=O) groups excluding carboxylic acids is 1. The number of hydrogen-bond acceptors (Lipinski definition) is 2. The molecule has 1 aliphatic rings. The van der Waals surface area contributed by atoms with Crippen LogP contribution in [-0.4, -0.2) is 10.9 Å². The van der Waals surface area contributed by atoms with E-state index in [1.165, 1.54) is 6.20 Å². The highest BCUT2D eigenvalue weighted by atomic mass is 35.5. The van der Waals surface area contributed by atoms with E-state index in [1.54, 1.807) is 42.5 Å². The number of benzene rings is 1. The van der Waals surface area contributed by atoms with Gasteiger partial charge in [-0.1, -0.05) is 29.3 Å². The summed E-state index contributed by atoms with van der Waals surface area (Å²) in [6, 6.07) is 10.1. The van der Waals surface area contributed by atoms with Crippen molar-refractivity contribution in [2.24, 2.45) is 0 Å². The first-order valence-corrected chi connectivity index (χ1v) is 8.29. The molecule has 0 saturated heterocycles. The lowest BCUT2D eigenvalue weighted by molar-refractivity contribution is -0.113. The minimum atomic E-state index is -1.64. The van der Waals surface area contributed by atoms with Crippen LogP contribution in [0.15, 0.2) is 54.2 Å². The van der Waals surface area contributed by atoms with Crippen molar-refractivity contribution in [2.45, 2.75) is 24.9 Å². The van der Waals surface area contributed by atoms with Crippen LogP contribution < -0.4 is 5.32 Å². The summed E-state index contributed by atoms with van der Waals surface area (Å²) >= 11 is 11.9. The van der Waals surface area contributed by atoms with E-state index in [9.17, 15) is 4.79 Å². The van der Waals surface area contributed by atoms with E-state index in [-0.39, 0.29) is 24.4 Å². The molecule has 1 amide bonds. The van der Waals surface area contributed by atoms with E-state index >= 15 is 4.39 Å². The molecule has 3 nitrogen and oxygen atoms in total. The number of hydrogen-bond donors (Lipinski definition) is 1. The Balaban J connectivity index is 1.72. The zero-order valence-electron chi connectivity index (χ0n) is 12.7. The molecule has 0 aliphatic heterocycles. The molecular formula is C18H15Cl2FN2O. The minimum Gasteiger partial charge on any atom is -0.322 e. The van der Waals surface area contributed by atoms with Gasteiger partial charge in [0.05, 0.1) is 10.7 Å². The average molecular weight is 365 g/mol. The Morgan fingerprint density at radius 2 is 1.96 bits per heavy atom. The van der Waals surface area contributed by atoms with Crippen LogP contribution in [0.25, 0.3) is 0 Å². The normalized spacial score (nSPS) is 20.4. The summed E-state index contributed by atoms with van der Waals surface area (Å²) in [6.45, 7) is 0. The van der Waals surface area contributed by atoms with Gasteiger partial charge in [0.2, 0.25) is 0 Å². The third kappa shape index (κ3) is 3.60. The third-order valence-electron chi connectivity index (χ3n) is 4.04. The first-order chi connectivity index (χ1) is 11.5. The number of rotatable bonds is 3. The molecule has 0 bridgehead atoms. The van der Waals surface area contributed by atoms with Gasteiger partial charge in [0.1, 0.15) is 0 Å². The summed E-state index contributed by atoms with van der Waals surface area (Å²) < 4.78 is 15.1. The fraction of sp³-hybridized carbons (Fsp3) is 0.222. The molecule has 1 atom stereocenters. The maximum atomic E-state index is 15.1. The molecule has 1 heterocycles. The van der Waals surface area contributed by atoms with Gasteiger partial charge in [-0.25, -0.2) is 4.39 Å². The number of allylic oxidation sites excluding steroid dienone is 1. The van der Waals surface area contributed by atoms with Gasteiger partial charge in [-0.15, -0.1) is 0 Å². The highest BCUT2D eigenvalue weighted by Gasteiger charge is 2.37. The van der Waals surface area contributed by atoms with Crippen molar-refractivity contribution in [1.82, 2.24) is 4.98 Å².